The Morgan fingerprint density at radius 2 is 1.70 bits per heavy atom. The van der Waals surface area contributed by atoms with E-state index in [4.69, 9.17) is 4.74 Å². The third-order valence-corrected chi connectivity index (χ3v) is 4.28. The molecular formula is C18H19N3OS. The molecule has 118 valence electrons. The van der Waals surface area contributed by atoms with E-state index in [0.717, 1.165) is 27.8 Å². The molecule has 4 nitrogen and oxygen atoms in total. The maximum atomic E-state index is 5.18. The van der Waals surface area contributed by atoms with E-state index in [0.29, 0.717) is 0 Å². The Kier molecular flexibility index (Phi) is 4.48. The Morgan fingerprint density at radius 3 is 2.30 bits per heavy atom. The van der Waals surface area contributed by atoms with E-state index < -0.39 is 0 Å². The van der Waals surface area contributed by atoms with Gasteiger partial charge in [0.2, 0.25) is 0 Å². The largest absolute Gasteiger partial charge is 0.497 e. The molecule has 3 rings (SSSR count). The Labute approximate surface area is 140 Å². The Balaban J connectivity index is 1.73. The fourth-order valence-corrected chi connectivity index (χ4v) is 2.93. The lowest BCUT2D eigenvalue weighted by Crippen LogP contribution is -2.08. The average molecular weight is 325 g/mol. The van der Waals surface area contributed by atoms with Crippen LogP contribution in [0.2, 0.25) is 0 Å². The molecule has 0 bridgehead atoms. The SMILES string of the molecule is COc1ccc(-c2csc(Nc3ccc(N(C)C)cc3)n2)cc1. The van der Waals surface area contributed by atoms with Crippen molar-refractivity contribution in [2.45, 2.75) is 0 Å². The second-order valence-corrected chi connectivity index (χ2v) is 6.19. The van der Waals surface area contributed by atoms with E-state index in [1.165, 1.54) is 5.69 Å². The zero-order valence-electron chi connectivity index (χ0n) is 13.4. The van der Waals surface area contributed by atoms with Crippen molar-refractivity contribution in [3.8, 4) is 17.0 Å². The van der Waals surface area contributed by atoms with E-state index in [2.05, 4.69) is 44.8 Å². The number of benzene rings is 2. The molecule has 0 aliphatic carbocycles. The summed E-state index contributed by atoms with van der Waals surface area (Å²) in [5.41, 5.74) is 4.25. The van der Waals surface area contributed by atoms with Crippen molar-refractivity contribution in [3.63, 3.8) is 0 Å². The van der Waals surface area contributed by atoms with E-state index in [1.807, 2.05) is 38.4 Å². The average Bonchev–Trinajstić information content (AvgIpc) is 3.04. The van der Waals surface area contributed by atoms with Gasteiger partial charge in [-0.15, -0.1) is 11.3 Å². The summed E-state index contributed by atoms with van der Waals surface area (Å²) in [6, 6.07) is 16.2. The second kappa shape index (κ2) is 6.71. The van der Waals surface area contributed by atoms with Crippen LogP contribution in [0.15, 0.2) is 53.9 Å². The van der Waals surface area contributed by atoms with E-state index >= 15 is 0 Å². The molecule has 0 aliphatic heterocycles. The molecule has 0 spiro atoms. The first kappa shape index (κ1) is 15.4. The van der Waals surface area contributed by atoms with E-state index in [1.54, 1.807) is 18.4 Å². The molecule has 0 saturated carbocycles. The quantitative estimate of drug-likeness (QED) is 0.742. The van der Waals surface area contributed by atoms with Gasteiger partial charge < -0.3 is 15.0 Å². The fourth-order valence-electron chi connectivity index (χ4n) is 2.19. The molecule has 0 aliphatic rings. The topological polar surface area (TPSA) is 37.4 Å². The van der Waals surface area contributed by atoms with Crippen LogP contribution in [-0.2, 0) is 0 Å². The summed E-state index contributed by atoms with van der Waals surface area (Å²) in [4.78, 5) is 6.72. The van der Waals surface area contributed by atoms with Crippen LogP contribution in [0.4, 0.5) is 16.5 Å². The highest BCUT2D eigenvalue weighted by Crippen LogP contribution is 2.28. The summed E-state index contributed by atoms with van der Waals surface area (Å²) in [5.74, 6) is 0.850. The fraction of sp³-hybridized carbons (Fsp3) is 0.167. The predicted molar refractivity (Wildman–Crippen MR) is 98.2 cm³/mol. The van der Waals surface area contributed by atoms with Crippen LogP contribution in [0, 0.1) is 0 Å². The molecule has 1 aromatic heterocycles. The highest BCUT2D eigenvalue weighted by atomic mass is 32.1. The number of thiazole rings is 1. The number of anilines is 3. The van der Waals surface area contributed by atoms with Gasteiger partial charge in [-0.3, -0.25) is 0 Å². The molecule has 23 heavy (non-hydrogen) atoms. The van der Waals surface area contributed by atoms with Crippen LogP contribution < -0.4 is 15.0 Å². The molecule has 1 N–H and O–H groups in total. The normalized spacial score (nSPS) is 10.4. The number of hydrogen-bond donors (Lipinski definition) is 1. The number of hydrogen-bond acceptors (Lipinski definition) is 5. The summed E-state index contributed by atoms with van der Waals surface area (Å²) >= 11 is 1.60. The minimum atomic E-state index is 0.850. The number of nitrogens with one attached hydrogen (secondary N) is 1. The summed E-state index contributed by atoms with van der Waals surface area (Å²) in [7, 11) is 5.73. The molecule has 0 atom stereocenters. The highest BCUT2D eigenvalue weighted by Gasteiger charge is 2.05. The van der Waals surface area contributed by atoms with Crippen molar-refractivity contribution in [1.82, 2.24) is 4.98 Å². The Bertz CT molecular complexity index is 764. The number of rotatable bonds is 5. The number of methoxy groups -OCH3 is 1. The van der Waals surface area contributed by atoms with Crippen LogP contribution in [-0.4, -0.2) is 26.2 Å². The van der Waals surface area contributed by atoms with Gasteiger partial charge in [-0.1, -0.05) is 0 Å². The smallest absolute Gasteiger partial charge is 0.187 e. The summed E-state index contributed by atoms with van der Waals surface area (Å²) in [5, 5.41) is 6.28. The van der Waals surface area contributed by atoms with Crippen molar-refractivity contribution in [3.05, 3.63) is 53.9 Å². The molecular weight excluding hydrogens is 306 g/mol. The minimum Gasteiger partial charge on any atom is -0.497 e. The maximum Gasteiger partial charge on any atom is 0.187 e. The van der Waals surface area contributed by atoms with Crippen molar-refractivity contribution in [2.24, 2.45) is 0 Å². The van der Waals surface area contributed by atoms with Crippen molar-refractivity contribution in [1.29, 1.82) is 0 Å². The van der Waals surface area contributed by atoms with E-state index in [9.17, 15) is 0 Å². The Hall–Kier alpha value is -2.53. The number of nitrogens with zero attached hydrogens (tertiary/aromatic N) is 2. The standard InChI is InChI=1S/C18H19N3OS/c1-21(2)15-8-6-14(7-9-15)19-18-20-17(12-23-18)13-4-10-16(22-3)11-5-13/h4-12H,1-3H3,(H,19,20). The number of ether oxygens (including phenoxy) is 1. The maximum absolute atomic E-state index is 5.18. The molecule has 3 aromatic rings. The van der Waals surface area contributed by atoms with Crippen LogP contribution in [0.3, 0.4) is 0 Å². The lowest BCUT2D eigenvalue weighted by molar-refractivity contribution is 0.415. The molecule has 0 fully saturated rings. The first-order valence-corrected chi connectivity index (χ1v) is 8.18. The zero-order valence-corrected chi connectivity index (χ0v) is 14.2. The molecule has 0 saturated heterocycles. The van der Waals surface area contributed by atoms with Gasteiger partial charge in [0.15, 0.2) is 5.13 Å². The molecule has 0 amide bonds. The third-order valence-electron chi connectivity index (χ3n) is 3.52. The van der Waals surface area contributed by atoms with Gasteiger partial charge in [0.05, 0.1) is 12.8 Å². The van der Waals surface area contributed by atoms with Crippen LogP contribution in [0.5, 0.6) is 5.75 Å². The zero-order chi connectivity index (χ0) is 16.2. The first-order chi connectivity index (χ1) is 11.2. The predicted octanol–water partition coefficient (Wildman–Crippen LogP) is 4.63. The van der Waals surface area contributed by atoms with Gasteiger partial charge in [0.1, 0.15) is 5.75 Å². The second-order valence-electron chi connectivity index (χ2n) is 5.33. The molecule has 0 unspecified atom stereocenters. The van der Waals surface area contributed by atoms with Gasteiger partial charge in [0.25, 0.3) is 0 Å². The van der Waals surface area contributed by atoms with Crippen LogP contribution in [0.25, 0.3) is 11.3 Å². The molecule has 1 heterocycles. The number of aromatic nitrogens is 1. The molecule has 0 radical (unpaired) electrons. The summed E-state index contributed by atoms with van der Waals surface area (Å²) in [6.07, 6.45) is 0. The highest BCUT2D eigenvalue weighted by molar-refractivity contribution is 7.14. The van der Waals surface area contributed by atoms with Crippen molar-refractivity contribution < 1.29 is 4.74 Å². The summed E-state index contributed by atoms with van der Waals surface area (Å²) in [6.45, 7) is 0. The van der Waals surface area contributed by atoms with Crippen LogP contribution in [0.1, 0.15) is 0 Å². The lowest BCUT2D eigenvalue weighted by atomic mass is 10.2. The van der Waals surface area contributed by atoms with Gasteiger partial charge in [-0.05, 0) is 48.5 Å². The van der Waals surface area contributed by atoms with Gasteiger partial charge in [0, 0.05) is 36.4 Å². The first-order valence-electron chi connectivity index (χ1n) is 7.30. The van der Waals surface area contributed by atoms with Crippen LogP contribution >= 0.6 is 11.3 Å². The summed E-state index contributed by atoms with van der Waals surface area (Å²) < 4.78 is 5.18. The Morgan fingerprint density at radius 1 is 1.00 bits per heavy atom. The van der Waals surface area contributed by atoms with Gasteiger partial charge >= 0.3 is 0 Å². The molecule has 5 heteroatoms. The third kappa shape index (κ3) is 3.63. The lowest BCUT2D eigenvalue weighted by Gasteiger charge is -2.12. The van der Waals surface area contributed by atoms with Gasteiger partial charge in [-0.25, -0.2) is 4.98 Å². The van der Waals surface area contributed by atoms with Crippen molar-refractivity contribution in [2.75, 3.05) is 31.4 Å². The monoisotopic (exact) mass is 325 g/mol. The van der Waals surface area contributed by atoms with Gasteiger partial charge in [-0.2, -0.15) is 0 Å². The van der Waals surface area contributed by atoms with Crippen molar-refractivity contribution >= 4 is 27.8 Å². The molecule has 2 aromatic carbocycles. The minimum absolute atomic E-state index is 0.850. The van der Waals surface area contributed by atoms with E-state index in [-0.39, 0.29) is 0 Å².